The van der Waals surface area contributed by atoms with Crippen LogP contribution in [0.5, 0.6) is 0 Å². The lowest BCUT2D eigenvalue weighted by Gasteiger charge is -2.19. The number of nitrogens with zero attached hydrogens (tertiary/aromatic N) is 2. The molecule has 2 aromatic rings. The van der Waals surface area contributed by atoms with Crippen LogP contribution in [0.3, 0.4) is 0 Å². The van der Waals surface area contributed by atoms with Gasteiger partial charge < -0.3 is 4.74 Å². The zero-order valence-corrected chi connectivity index (χ0v) is 13.2. The normalized spacial score (nSPS) is 12.1. The molecule has 0 radical (unpaired) electrons. The Kier molecular flexibility index (Phi) is 3.94. The number of aromatic nitrogens is 2. The van der Waals surface area contributed by atoms with Gasteiger partial charge in [-0.1, -0.05) is 26.0 Å². The Labute approximate surface area is 124 Å². The van der Waals surface area contributed by atoms with Crippen molar-refractivity contribution in [3.8, 4) is 0 Å². The first-order valence-corrected chi connectivity index (χ1v) is 7.14. The summed E-state index contributed by atoms with van der Waals surface area (Å²) in [6.45, 7) is 9.98. The first-order valence-electron chi connectivity index (χ1n) is 7.14. The summed E-state index contributed by atoms with van der Waals surface area (Å²) >= 11 is 0. The highest BCUT2D eigenvalue weighted by atomic mass is 16.6. The predicted molar refractivity (Wildman–Crippen MR) is 82.7 cm³/mol. The Morgan fingerprint density at radius 1 is 1.19 bits per heavy atom. The lowest BCUT2D eigenvalue weighted by atomic mass is 10.2. The van der Waals surface area contributed by atoms with Crippen LogP contribution in [0.4, 0.5) is 4.79 Å². The predicted octanol–water partition coefficient (Wildman–Crippen LogP) is 3.24. The average molecular weight is 290 g/mol. The third-order valence-electron chi connectivity index (χ3n) is 2.96. The van der Waals surface area contributed by atoms with Gasteiger partial charge in [-0.25, -0.2) is 9.59 Å². The van der Waals surface area contributed by atoms with E-state index in [-0.39, 0.29) is 5.69 Å². The summed E-state index contributed by atoms with van der Waals surface area (Å²) < 4.78 is 8.08. The van der Waals surface area contributed by atoms with Gasteiger partial charge in [0.1, 0.15) is 5.60 Å². The fourth-order valence-electron chi connectivity index (χ4n) is 2.23. The molecule has 0 atom stereocenters. The van der Waals surface area contributed by atoms with Crippen LogP contribution < -0.4 is 5.69 Å². The smallest absolute Gasteiger partial charge is 0.423 e. The van der Waals surface area contributed by atoms with Gasteiger partial charge in [0, 0.05) is 6.54 Å². The number of fused-ring (bicyclic) bond motifs is 1. The molecule has 0 spiro atoms. The SMILES string of the molecule is CC(C)Cn1c(=O)n(C(=O)OC(C)(C)C)c2ccccc21. The van der Waals surface area contributed by atoms with E-state index in [4.69, 9.17) is 4.74 Å². The van der Waals surface area contributed by atoms with Crippen LogP contribution in [0.25, 0.3) is 11.0 Å². The molecule has 5 nitrogen and oxygen atoms in total. The second-order valence-electron chi connectivity index (χ2n) is 6.59. The third-order valence-corrected chi connectivity index (χ3v) is 2.96. The van der Waals surface area contributed by atoms with E-state index < -0.39 is 11.7 Å². The zero-order valence-electron chi connectivity index (χ0n) is 13.2. The lowest BCUT2D eigenvalue weighted by Crippen LogP contribution is -2.34. The van der Waals surface area contributed by atoms with Gasteiger partial charge >= 0.3 is 11.8 Å². The number of rotatable bonds is 2. The van der Waals surface area contributed by atoms with Crippen LogP contribution in [-0.2, 0) is 11.3 Å². The molecule has 1 aromatic heterocycles. The van der Waals surface area contributed by atoms with E-state index in [2.05, 4.69) is 0 Å². The Balaban J connectivity index is 2.61. The van der Waals surface area contributed by atoms with Crippen molar-refractivity contribution in [3.63, 3.8) is 0 Å². The fourth-order valence-corrected chi connectivity index (χ4v) is 2.23. The molecule has 0 saturated heterocycles. The highest BCUT2D eigenvalue weighted by molar-refractivity contribution is 5.87. The standard InChI is InChI=1S/C16H22N2O3/c1-11(2)10-17-12-8-6-7-9-13(12)18(14(17)19)15(20)21-16(3,4)5/h6-9,11H,10H2,1-5H3. The van der Waals surface area contributed by atoms with Gasteiger partial charge in [-0.3, -0.25) is 4.57 Å². The van der Waals surface area contributed by atoms with Crippen LogP contribution in [0, 0.1) is 5.92 Å². The van der Waals surface area contributed by atoms with E-state index in [0.717, 1.165) is 10.1 Å². The Morgan fingerprint density at radius 2 is 1.76 bits per heavy atom. The van der Waals surface area contributed by atoms with Crippen LogP contribution >= 0.6 is 0 Å². The molecule has 5 heteroatoms. The van der Waals surface area contributed by atoms with E-state index >= 15 is 0 Å². The van der Waals surface area contributed by atoms with Crippen LogP contribution in [0.1, 0.15) is 34.6 Å². The summed E-state index contributed by atoms with van der Waals surface area (Å²) in [4.78, 5) is 24.9. The molecule has 0 aliphatic carbocycles. The third kappa shape index (κ3) is 3.17. The fraction of sp³-hybridized carbons (Fsp3) is 0.500. The quantitative estimate of drug-likeness (QED) is 0.853. The van der Waals surface area contributed by atoms with E-state index in [1.807, 2.05) is 32.0 Å². The summed E-state index contributed by atoms with van der Waals surface area (Å²) in [5.41, 5.74) is 0.344. The van der Waals surface area contributed by atoms with Crippen molar-refractivity contribution in [2.75, 3.05) is 0 Å². The largest absolute Gasteiger partial charge is 0.443 e. The molecule has 0 saturated carbocycles. The monoisotopic (exact) mass is 290 g/mol. The average Bonchev–Trinajstić information content (AvgIpc) is 2.60. The molecular weight excluding hydrogens is 268 g/mol. The lowest BCUT2D eigenvalue weighted by molar-refractivity contribution is 0.0537. The zero-order chi connectivity index (χ0) is 15.8. The van der Waals surface area contributed by atoms with Crippen molar-refractivity contribution in [3.05, 3.63) is 34.7 Å². The number of carbonyl (C=O) groups is 1. The molecular formula is C16H22N2O3. The molecule has 0 amide bonds. The van der Waals surface area contributed by atoms with Crippen molar-refractivity contribution < 1.29 is 9.53 Å². The summed E-state index contributed by atoms with van der Waals surface area (Å²) in [5.74, 6) is 0.306. The van der Waals surface area contributed by atoms with Crippen LogP contribution in [-0.4, -0.2) is 20.8 Å². The number of para-hydroxylation sites is 2. The summed E-state index contributed by atoms with van der Waals surface area (Å²) in [6, 6.07) is 7.28. The molecule has 0 fully saturated rings. The van der Waals surface area contributed by atoms with Crippen LogP contribution in [0.2, 0.25) is 0 Å². The minimum atomic E-state index is -0.641. The Morgan fingerprint density at radius 3 is 2.29 bits per heavy atom. The number of benzene rings is 1. The maximum Gasteiger partial charge on any atom is 0.423 e. The first kappa shape index (κ1) is 15.4. The van der Waals surface area contributed by atoms with Crippen molar-refractivity contribution >= 4 is 17.1 Å². The van der Waals surface area contributed by atoms with Gasteiger partial charge in [-0.2, -0.15) is 4.57 Å². The van der Waals surface area contributed by atoms with Gasteiger partial charge in [0.05, 0.1) is 11.0 Å². The van der Waals surface area contributed by atoms with Gasteiger partial charge in [0.15, 0.2) is 0 Å². The van der Waals surface area contributed by atoms with E-state index in [9.17, 15) is 9.59 Å². The van der Waals surface area contributed by atoms with Gasteiger partial charge in [-0.15, -0.1) is 0 Å². The highest BCUT2D eigenvalue weighted by Crippen LogP contribution is 2.16. The molecule has 21 heavy (non-hydrogen) atoms. The van der Waals surface area contributed by atoms with Gasteiger partial charge in [0.25, 0.3) is 0 Å². The van der Waals surface area contributed by atoms with E-state index in [1.165, 1.54) is 0 Å². The summed E-state index contributed by atoms with van der Waals surface area (Å²) in [5, 5.41) is 0. The number of hydrogen-bond donors (Lipinski definition) is 0. The van der Waals surface area contributed by atoms with E-state index in [0.29, 0.717) is 18.0 Å². The minimum absolute atomic E-state index is 0.306. The molecule has 0 aliphatic heterocycles. The van der Waals surface area contributed by atoms with Crippen molar-refractivity contribution in [2.24, 2.45) is 5.92 Å². The second kappa shape index (κ2) is 5.39. The van der Waals surface area contributed by atoms with Crippen molar-refractivity contribution in [1.29, 1.82) is 0 Å². The molecule has 0 aliphatic rings. The van der Waals surface area contributed by atoms with E-state index in [1.54, 1.807) is 31.4 Å². The summed E-state index contributed by atoms with van der Waals surface area (Å²) in [7, 11) is 0. The number of carbonyl (C=O) groups excluding carboxylic acids is 1. The second-order valence-corrected chi connectivity index (χ2v) is 6.59. The molecule has 0 unspecified atom stereocenters. The van der Waals surface area contributed by atoms with Crippen molar-refractivity contribution in [2.45, 2.75) is 46.8 Å². The number of ether oxygens (including phenoxy) is 1. The molecule has 0 N–H and O–H groups in total. The van der Waals surface area contributed by atoms with Gasteiger partial charge in [0.2, 0.25) is 0 Å². The molecule has 114 valence electrons. The maximum absolute atomic E-state index is 12.6. The van der Waals surface area contributed by atoms with Gasteiger partial charge in [-0.05, 0) is 38.8 Å². The maximum atomic E-state index is 12.6. The number of hydrogen-bond acceptors (Lipinski definition) is 3. The van der Waals surface area contributed by atoms with Crippen molar-refractivity contribution in [1.82, 2.24) is 9.13 Å². The Bertz CT molecular complexity index is 717. The minimum Gasteiger partial charge on any atom is -0.443 e. The molecule has 1 aromatic carbocycles. The molecule has 0 bridgehead atoms. The van der Waals surface area contributed by atoms with Crippen LogP contribution in [0.15, 0.2) is 29.1 Å². The summed E-state index contributed by atoms with van der Waals surface area (Å²) in [6.07, 6.45) is -0.633. The Hall–Kier alpha value is -2.04. The highest BCUT2D eigenvalue weighted by Gasteiger charge is 2.23. The topological polar surface area (TPSA) is 53.2 Å². The first-order chi connectivity index (χ1) is 9.70. The number of imidazole rings is 1. The molecule has 2 rings (SSSR count). The molecule has 1 heterocycles.